The van der Waals surface area contributed by atoms with Crippen molar-refractivity contribution in [2.45, 2.75) is 23.8 Å². The van der Waals surface area contributed by atoms with E-state index in [2.05, 4.69) is 10.0 Å². The molecule has 0 spiro atoms. The number of sulfonamides is 1. The van der Waals surface area contributed by atoms with E-state index in [1.165, 1.54) is 12.1 Å². The first-order valence-electron chi connectivity index (χ1n) is 10.8. The summed E-state index contributed by atoms with van der Waals surface area (Å²) in [5.74, 6) is 1.43. The molecule has 0 fully saturated rings. The number of nitrogens with zero attached hydrogens (tertiary/aromatic N) is 1. The maximum Gasteiger partial charge on any atom is 0.240 e. The molecule has 3 rings (SSSR count). The molecular formula is C23H31N3O6S. The summed E-state index contributed by atoms with van der Waals surface area (Å²) in [6.07, 6.45) is 0.749. The minimum Gasteiger partial charge on any atom is -0.497 e. The van der Waals surface area contributed by atoms with Crippen LogP contribution in [-0.4, -0.2) is 66.7 Å². The third-order valence-electron chi connectivity index (χ3n) is 5.27. The van der Waals surface area contributed by atoms with E-state index in [0.717, 1.165) is 17.7 Å². The topological polar surface area (TPSA) is 106 Å². The van der Waals surface area contributed by atoms with Crippen LogP contribution in [0.2, 0.25) is 0 Å². The van der Waals surface area contributed by atoms with E-state index >= 15 is 0 Å². The second-order valence-electron chi connectivity index (χ2n) is 7.87. The first kappa shape index (κ1) is 24.8. The molecule has 0 saturated heterocycles. The largest absolute Gasteiger partial charge is 0.497 e. The van der Waals surface area contributed by atoms with Gasteiger partial charge in [-0.1, -0.05) is 12.1 Å². The Balaban J connectivity index is 1.52. The quantitative estimate of drug-likeness (QED) is 0.539. The number of hydrogen-bond acceptors (Lipinski definition) is 7. The van der Waals surface area contributed by atoms with Crippen LogP contribution in [0.4, 0.5) is 0 Å². The molecule has 2 N–H and O–H groups in total. The normalized spacial score (nSPS) is 14.4. The van der Waals surface area contributed by atoms with E-state index in [1.54, 1.807) is 13.2 Å². The third kappa shape index (κ3) is 6.83. The minimum absolute atomic E-state index is 0.0159. The maximum absolute atomic E-state index is 12.6. The second-order valence-corrected chi connectivity index (χ2v) is 9.63. The van der Waals surface area contributed by atoms with Crippen molar-refractivity contribution >= 4 is 15.9 Å². The zero-order valence-electron chi connectivity index (χ0n) is 19.2. The summed E-state index contributed by atoms with van der Waals surface area (Å²) >= 11 is 0. The summed E-state index contributed by atoms with van der Waals surface area (Å²) in [7, 11) is 1.69. The lowest BCUT2D eigenvalue weighted by molar-refractivity contribution is -0.121. The predicted octanol–water partition coefficient (Wildman–Crippen LogP) is 1.94. The van der Waals surface area contributed by atoms with E-state index in [1.807, 2.05) is 43.3 Å². The van der Waals surface area contributed by atoms with Crippen molar-refractivity contribution in [2.75, 3.05) is 47.5 Å². The molecule has 2 aromatic carbocycles. The zero-order chi connectivity index (χ0) is 23.8. The van der Waals surface area contributed by atoms with Gasteiger partial charge in [0.2, 0.25) is 15.9 Å². The number of likely N-dealkylation sites (N-methyl/N-ethyl adjacent to an activating group) is 1. The molecule has 1 heterocycles. The van der Waals surface area contributed by atoms with Crippen LogP contribution in [-0.2, 0) is 14.8 Å². The monoisotopic (exact) mass is 477 g/mol. The van der Waals surface area contributed by atoms with E-state index < -0.39 is 10.0 Å². The van der Waals surface area contributed by atoms with Gasteiger partial charge in [-0.15, -0.1) is 0 Å². The van der Waals surface area contributed by atoms with Gasteiger partial charge in [0.1, 0.15) is 5.75 Å². The molecule has 1 amide bonds. The summed E-state index contributed by atoms with van der Waals surface area (Å²) in [5, 5.41) is 2.88. The fourth-order valence-corrected chi connectivity index (χ4v) is 4.49. The van der Waals surface area contributed by atoms with Crippen LogP contribution >= 0.6 is 0 Å². The number of ether oxygens (including phenoxy) is 3. The number of methoxy groups -OCH3 is 1. The van der Waals surface area contributed by atoms with Crippen molar-refractivity contribution in [1.29, 1.82) is 0 Å². The molecule has 2 aromatic rings. The number of hydrogen-bond donors (Lipinski definition) is 2. The number of carbonyl (C=O) groups is 1. The van der Waals surface area contributed by atoms with Gasteiger partial charge < -0.3 is 24.4 Å². The molecule has 33 heavy (non-hydrogen) atoms. The number of benzene rings is 2. The SMILES string of the molecule is COc1cccc(C(CNC(=O)CCNS(=O)(=O)c2ccc3c(c2)OCCCO3)N(C)C)c1. The summed E-state index contributed by atoms with van der Waals surface area (Å²) < 4.78 is 44.1. The Hall–Kier alpha value is -2.82. The van der Waals surface area contributed by atoms with Crippen LogP contribution in [0.5, 0.6) is 17.2 Å². The molecule has 10 heteroatoms. The molecule has 0 saturated carbocycles. The molecule has 0 aromatic heterocycles. The highest BCUT2D eigenvalue weighted by Gasteiger charge is 2.20. The van der Waals surface area contributed by atoms with Gasteiger partial charge in [0.25, 0.3) is 0 Å². The number of fused-ring (bicyclic) bond motifs is 1. The van der Waals surface area contributed by atoms with Crippen LogP contribution < -0.4 is 24.2 Å². The standard InChI is InChI=1S/C23H31N3O6S/c1-26(2)20(17-6-4-7-18(14-17)30-3)16-24-23(27)10-11-25-33(28,29)19-8-9-21-22(15-19)32-13-5-12-31-21/h4,6-9,14-15,20,25H,5,10-13,16H2,1-3H3,(H,24,27). The fraction of sp³-hybridized carbons (Fsp3) is 0.435. The summed E-state index contributed by atoms with van der Waals surface area (Å²) in [4.78, 5) is 14.4. The van der Waals surface area contributed by atoms with Crippen molar-refractivity contribution in [2.24, 2.45) is 0 Å². The van der Waals surface area contributed by atoms with Crippen molar-refractivity contribution in [3.05, 3.63) is 48.0 Å². The molecule has 1 aliphatic heterocycles. The number of nitrogens with one attached hydrogen (secondary N) is 2. The lowest BCUT2D eigenvalue weighted by atomic mass is 10.1. The van der Waals surface area contributed by atoms with Gasteiger partial charge in [0, 0.05) is 32.0 Å². The summed E-state index contributed by atoms with van der Waals surface area (Å²) in [6, 6.07) is 12.1. The zero-order valence-corrected chi connectivity index (χ0v) is 20.0. The van der Waals surface area contributed by atoms with Gasteiger partial charge >= 0.3 is 0 Å². The van der Waals surface area contributed by atoms with E-state index in [4.69, 9.17) is 14.2 Å². The Morgan fingerprint density at radius 3 is 2.61 bits per heavy atom. The molecule has 0 aliphatic carbocycles. The van der Waals surface area contributed by atoms with Crippen molar-refractivity contribution < 1.29 is 27.4 Å². The summed E-state index contributed by atoms with van der Waals surface area (Å²) in [5.41, 5.74) is 1.01. The Morgan fingerprint density at radius 1 is 1.12 bits per heavy atom. The van der Waals surface area contributed by atoms with Gasteiger partial charge in [0.15, 0.2) is 11.5 Å². The molecule has 0 bridgehead atoms. The first-order chi connectivity index (χ1) is 15.8. The van der Waals surface area contributed by atoms with E-state index in [0.29, 0.717) is 31.3 Å². The lowest BCUT2D eigenvalue weighted by Crippen LogP contribution is -2.36. The average molecular weight is 478 g/mol. The highest BCUT2D eigenvalue weighted by atomic mass is 32.2. The molecule has 1 unspecified atom stereocenters. The summed E-state index contributed by atoms with van der Waals surface area (Å²) in [6.45, 7) is 1.36. The fourth-order valence-electron chi connectivity index (χ4n) is 3.44. The Morgan fingerprint density at radius 2 is 1.88 bits per heavy atom. The van der Waals surface area contributed by atoms with Crippen LogP contribution in [0.25, 0.3) is 0 Å². The van der Waals surface area contributed by atoms with Gasteiger partial charge in [-0.25, -0.2) is 13.1 Å². The van der Waals surface area contributed by atoms with Crippen molar-refractivity contribution in [3.63, 3.8) is 0 Å². The predicted molar refractivity (Wildman–Crippen MR) is 124 cm³/mol. The number of carbonyl (C=O) groups excluding carboxylic acids is 1. The van der Waals surface area contributed by atoms with Crippen LogP contribution in [0, 0.1) is 0 Å². The first-order valence-corrected chi connectivity index (χ1v) is 12.2. The van der Waals surface area contributed by atoms with Crippen molar-refractivity contribution in [1.82, 2.24) is 14.9 Å². The van der Waals surface area contributed by atoms with Gasteiger partial charge in [-0.05, 0) is 43.9 Å². The number of amides is 1. The van der Waals surface area contributed by atoms with Gasteiger partial charge in [0.05, 0.1) is 31.3 Å². The highest BCUT2D eigenvalue weighted by molar-refractivity contribution is 7.89. The molecular weight excluding hydrogens is 446 g/mol. The Kier molecular flexibility index (Phi) is 8.54. The Bertz CT molecular complexity index is 1060. The smallest absolute Gasteiger partial charge is 0.240 e. The average Bonchev–Trinajstić information content (AvgIpc) is 3.04. The molecule has 9 nitrogen and oxygen atoms in total. The number of rotatable bonds is 10. The molecule has 1 aliphatic rings. The maximum atomic E-state index is 12.6. The molecule has 180 valence electrons. The van der Waals surface area contributed by atoms with E-state index in [-0.39, 0.29) is 29.8 Å². The van der Waals surface area contributed by atoms with Gasteiger partial charge in [-0.2, -0.15) is 0 Å². The van der Waals surface area contributed by atoms with Crippen LogP contribution in [0.3, 0.4) is 0 Å². The van der Waals surface area contributed by atoms with Crippen LogP contribution in [0.15, 0.2) is 47.4 Å². The molecule has 1 atom stereocenters. The minimum atomic E-state index is -3.78. The lowest BCUT2D eigenvalue weighted by Gasteiger charge is -2.25. The van der Waals surface area contributed by atoms with Gasteiger partial charge in [-0.3, -0.25) is 4.79 Å². The highest BCUT2D eigenvalue weighted by Crippen LogP contribution is 2.31. The Labute approximate surface area is 195 Å². The third-order valence-corrected chi connectivity index (χ3v) is 6.73. The second kappa shape index (κ2) is 11.4. The van der Waals surface area contributed by atoms with Crippen LogP contribution in [0.1, 0.15) is 24.4 Å². The molecule has 0 radical (unpaired) electrons. The van der Waals surface area contributed by atoms with Crippen molar-refractivity contribution in [3.8, 4) is 17.2 Å². The van der Waals surface area contributed by atoms with E-state index in [9.17, 15) is 13.2 Å².